The maximum atomic E-state index is 12.2. The lowest BCUT2D eigenvalue weighted by atomic mass is 10.1. The molecule has 1 aromatic carbocycles. The molecule has 2 rings (SSSR count). The quantitative estimate of drug-likeness (QED) is 0.767. The third-order valence-corrected chi connectivity index (χ3v) is 4.96. The summed E-state index contributed by atoms with van der Waals surface area (Å²) in [7, 11) is 0. The molecule has 3 N–H and O–H groups in total. The Morgan fingerprint density at radius 3 is 2.81 bits per heavy atom. The summed E-state index contributed by atoms with van der Waals surface area (Å²) in [5.41, 5.74) is 3.13. The Balaban J connectivity index is 2.10. The molecule has 0 aliphatic carbocycles. The Labute approximate surface area is 129 Å². The number of fused-ring (bicyclic) bond motifs is 1. The number of para-hydroxylation sites is 1. The summed E-state index contributed by atoms with van der Waals surface area (Å²) in [6.45, 7) is 3.98. The monoisotopic (exact) mass is 306 g/mol. The number of aliphatic hydroxyl groups is 1. The molecule has 0 aliphatic heterocycles. The SMILES string of the molecule is CSC(CO)C(C)NC(=O)Cc1c(C)[nH]c2ccccc12. The van der Waals surface area contributed by atoms with Crippen molar-refractivity contribution in [2.45, 2.75) is 31.6 Å². The summed E-state index contributed by atoms with van der Waals surface area (Å²) in [5, 5.41) is 13.4. The van der Waals surface area contributed by atoms with Crippen molar-refractivity contribution in [2.24, 2.45) is 0 Å². The van der Waals surface area contributed by atoms with Crippen LogP contribution in [0.2, 0.25) is 0 Å². The van der Waals surface area contributed by atoms with Crippen LogP contribution in [-0.4, -0.2) is 40.2 Å². The van der Waals surface area contributed by atoms with E-state index < -0.39 is 0 Å². The summed E-state index contributed by atoms with van der Waals surface area (Å²) >= 11 is 1.56. The van der Waals surface area contributed by atoms with Crippen LogP contribution in [0.4, 0.5) is 0 Å². The van der Waals surface area contributed by atoms with Crippen molar-refractivity contribution in [2.75, 3.05) is 12.9 Å². The van der Waals surface area contributed by atoms with Gasteiger partial charge in [0.1, 0.15) is 0 Å². The molecule has 1 aromatic heterocycles. The van der Waals surface area contributed by atoms with E-state index in [1.165, 1.54) is 0 Å². The van der Waals surface area contributed by atoms with Gasteiger partial charge < -0.3 is 15.4 Å². The van der Waals surface area contributed by atoms with Crippen LogP contribution >= 0.6 is 11.8 Å². The van der Waals surface area contributed by atoms with E-state index in [1.54, 1.807) is 11.8 Å². The summed E-state index contributed by atoms with van der Waals surface area (Å²) in [6.07, 6.45) is 2.29. The molecular weight excluding hydrogens is 284 g/mol. The van der Waals surface area contributed by atoms with Crippen LogP contribution < -0.4 is 5.32 Å². The van der Waals surface area contributed by atoms with Gasteiger partial charge in [-0.15, -0.1) is 0 Å². The number of amides is 1. The third-order valence-electron chi connectivity index (χ3n) is 3.79. The van der Waals surface area contributed by atoms with Crippen molar-refractivity contribution in [3.8, 4) is 0 Å². The maximum absolute atomic E-state index is 12.2. The van der Waals surface area contributed by atoms with E-state index in [0.717, 1.165) is 22.2 Å². The number of benzene rings is 1. The zero-order valence-electron chi connectivity index (χ0n) is 12.6. The Morgan fingerprint density at radius 1 is 1.43 bits per heavy atom. The maximum Gasteiger partial charge on any atom is 0.224 e. The van der Waals surface area contributed by atoms with Gasteiger partial charge in [0.15, 0.2) is 0 Å². The normalized spacial score (nSPS) is 14.1. The van der Waals surface area contributed by atoms with Crippen LogP contribution in [0, 0.1) is 6.92 Å². The van der Waals surface area contributed by atoms with Gasteiger partial charge in [0, 0.05) is 27.9 Å². The fourth-order valence-corrected chi connectivity index (χ4v) is 3.18. The number of aromatic nitrogens is 1. The van der Waals surface area contributed by atoms with Gasteiger partial charge in [0.05, 0.1) is 13.0 Å². The summed E-state index contributed by atoms with van der Waals surface area (Å²) in [5.74, 6) is -0.0112. The van der Waals surface area contributed by atoms with Gasteiger partial charge in [0.2, 0.25) is 5.91 Å². The first-order valence-electron chi connectivity index (χ1n) is 7.06. The van der Waals surface area contributed by atoms with Crippen molar-refractivity contribution in [1.29, 1.82) is 0 Å². The fourth-order valence-electron chi connectivity index (χ4n) is 2.56. The molecule has 114 valence electrons. The first-order chi connectivity index (χ1) is 10.1. The minimum Gasteiger partial charge on any atom is -0.395 e. The van der Waals surface area contributed by atoms with Crippen molar-refractivity contribution in [3.05, 3.63) is 35.5 Å². The van der Waals surface area contributed by atoms with Gasteiger partial charge in [-0.1, -0.05) is 18.2 Å². The zero-order valence-corrected chi connectivity index (χ0v) is 13.5. The van der Waals surface area contributed by atoms with E-state index >= 15 is 0 Å². The summed E-state index contributed by atoms with van der Waals surface area (Å²) < 4.78 is 0. The number of hydrogen-bond acceptors (Lipinski definition) is 3. The van der Waals surface area contributed by atoms with Crippen LogP contribution in [0.5, 0.6) is 0 Å². The molecule has 0 saturated carbocycles. The second-order valence-corrected chi connectivity index (χ2v) is 6.34. The lowest BCUT2D eigenvalue weighted by Crippen LogP contribution is -2.41. The fraction of sp³-hybridized carbons (Fsp3) is 0.438. The van der Waals surface area contributed by atoms with E-state index in [4.69, 9.17) is 0 Å². The number of aliphatic hydroxyl groups excluding tert-OH is 1. The highest BCUT2D eigenvalue weighted by molar-refractivity contribution is 7.99. The van der Waals surface area contributed by atoms with Crippen molar-refractivity contribution in [1.82, 2.24) is 10.3 Å². The van der Waals surface area contributed by atoms with Crippen LogP contribution in [0.3, 0.4) is 0 Å². The Hall–Kier alpha value is -1.46. The first kappa shape index (κ1) is 15.9. The van der Waals surface area contributed by atoms with Gasteiger partial charge in [-0.25, -0.2) is 0 Å². The lowest BCUT2D eigenvalue weighted by Gasteiger charge is -2.21. The van der Waals surface area contributed by atoms with Gasteiger partial charge in [-0.3, -0.25) is 4.79 Å². The van der Waals surface area contributed by atoms with Crippen LogP contribution in [0.1, 0.15) is 18.2 Å². The van der Waals surface area contributed by atoms with Crippen LogP contribution in [0.15, 0.2) is 24.3 Å². The molecule has 1 heterocycles. The van der Waals surface area contributed by atoms with Crippen LogP contribution in [0.25, 0.3) is 10.9 Å². The van der Waals surface area contributed by atoms with Crippen molar-refractivity contribution in [3.63, 3.8) is 0 Å². The average Bonchev–Trinajstić information content (AvgIpc) is 2.76. The smallest absolute Gasteiger partial charge is 0.224 e. The topological polar surface area (TPSA) is 65.1 Å². The van der Waals surface area contributed by atoms with E-state index in [9.17, 15) is 9.90 Å². The molecule has 0 radical (unpaired) electrons. The number of H-pyrrole nitrogens is 1. The molecular formula is C16H22N2O2S. The molecule has 0 spiro atoms. The molecule has 0 fully saturated rings. The highest BCUT2D eigenvalue weighted by Crippen LogP contribution is 2.22. The molecule has 0 bridgehead atoms. The van der Waals surface area contributed by atoms with Gasteiger partial charge in [-0.05, 0) is 31.7 Å². The Bertz CT molecular complexity index is 620. The Morgan fingerprint density at radius 2 is 2.14 bits per heavy atom. The minimum absolute atomic E-state index is 0.0112. The zero-order chi connectivity index (χ0) is 15.4. The van der Waals surface area contributed by atoms with Crippen molar-refractivity contribution >= 4 is 28.6 Å². The van der Waals surface area contributed by atoms with Gasteiger partial charge in [0.25, 0.3) is 0 Å². The third kappa shape index (κ3) is 3.60. The average molecular weight is 306 g/mol. The molecule has 21 heavy (non-hydrogen) atoms. The van der Waals surface area contributed by atoms with E-state index in [0.29, 0.717) is 6.42 Å². The number of hydrogen-bond donors (Lipinski definition) is 3. The van der Waals surface area contributed by atoms with Gasteiger partial charge in [-0.2, -0.15) is 11.8 Å². The molecule has 0 aliphatic rings. The summed E-state index contributed by atoms with van der Waals surface area (Å²) in [6, 6.07) is 7.96. The predicted octanol–water partition coefficient (Wildman–Crippen LogP) is 2.25. The second kappa shape index (κ2) is 7.00. The minimum atomic E-state index is -0.0528. The highest BCUT2D eigenvalue weighted by Gasteiger charge is 2.19. The number of nitrogens with one attached hydrogen (secondary N) is 2. The van der Waals surface area contributed by atoms with Crippen molar-refractivity contribution < 1.29 is 9.90 Å². The molecule has 1 amide bonds. The van der Waals surface area contributed by atoms with Gasteiger partial charge >= 0.3 is 0 Å². The molecule has 4 nitrogen and oxygen atoms in total. The number of rotatable bonds is 6. The number of aromatic amines is 1. The van der Waals surface area contributed by atoms with E-state index in [2.05, 4.69) is 10.3 Å². The summed E-state index contributed by atoms with van der Waals surface area (Å²) in [4.78, 5) is 15.5. The standard InChI is InChI=1S/C16H22N2O2S/c1-10-13(12-6-4-5-7-14(12)17-10)8-16(20)18-11(2)15(9-19)21-3/h4-7,11,15,17,19H,8-9H2,1-3H3,(H,18,20). The number of carbonyl (C=O) groups excluding carboxylic acids is 1. The number of aryl methyl sites for hydroxylation is 1. The van der Waals surface area contributed by atoms with E-state index in [1.807, 2.05) is 44.4 Å². The first-order valence-corrected chi connectivity index (χ1v) is 8.34. The number of carbonyl (C=O) groups is 1. The molecule has 2 atom stereocenters. The molecule has 2 aromatic rings. The van der Waals surface area contributed by atoms with E-state index in [-0.39, 0.29) is 23.8 Å². The number of thioether (sulfide) groups is 1. The lowest BCUT2D eigenvalue weighted by molar-refractivity contribution is -0.121. The molecule has 2 unspecified atom stereocenters. The predicted molar refractivity (Wildman–Crippen MR) is 88.7 cm³/mol. The highest BCUT2D eigenvalue weighted by atomic mass is 32.2. The second-order valence-electron chi connectivity index (χ2n) is 5.26. The largest absolute Gasteiger partial charge is 0.395 e. The van der Waals surface area contributed by atoms with Crippen LogP contribution in [-0.2, 0) is 11.2 Å². The molecule has 5 heteroatoms. The Kier molecular flexibility index (Phi) is 5.31. The molecule has 0 saturated heterocycles.